The minimum absolute atomic E-state index is 0.0549. The summed E-state index contributed by atoms with van der Waals surface area (Å²) in [6, 6.07) is 12.0. The standard InChI is InChI=1S/C17H11N5O3S/c18-8-11-13(9-3-1-4-10(7-9)22(23)24)14-15(12-5-2-6-26-12)20-21-17(14)25-16(11)19/h1-7,13H,19H2,(H,20,21)/t13-/m1/s1. The highest BCUT2D eigenvalue weighted by molar-refractivity contribution is 7.13. The fraction of sp³-hybridized carbons (Fsp3) is 0.0588. The molecular formula is C17H11N5O3S. The maximum absolute atomic E-state index is 11.2. The second-order valence-corrected chi connectivity index (χ2v) is 6.52. The first kappa shape index (κ1) is 15.9. The summed E-state index contributed by atoms with van der Waals surface area (Å²) in [6.45, 7) is 0. The van der Waals surface area contributed by atoms with Gasteiger partial charge in [-0.1, -0.05) is 18.2 Å². The van der Waals surface area contributed by atoms with E-state index in [9.17, 15) is 15.4 Å². The average Bonchev–Trinajstić information content (AvgIpc) is 3.29. The van der Waals surface area contributed by atoms with Crippen LogP contribution in [0.15, 0.2) is 53.2 Å². The summed E-state index contributed by atoms with van der Waals surface area (Å²) in [6.07, 6.45) is 0. The van der Waals surface area contributed by atoms with Crippen molar-refractivity contribution in [2.75, 3.05) is 0 Å². The van der Waals surface area contributed by atoms with E-state index in [2.05, 4.69) is 16.3 Å². The Labute approximate surface area is 151 Å². The van der Waals surface area contributed by atoms with Crippen LogP contribution in [0.25, 0.3) is 10.6 Å². The Kier molecular flexibility index (Phi) is 3.67. The number of nitriles is 1. The highest BCUT2D eigenvalue weighted by atomic mass is 32.1. The Hall–Kier alpha value is -3.64. The first-order valence-corrected chi connectivity index (χ1v) is 8.42. The van der Waals surface area contributed by atoms with Crippen LogP contribution in [-0.4, -0.2) is 15.1 Å². The summed E-state index contributed by atoms with van der Waals surface area (Å²) in [7, 11) is 0. The molecule has 26 heavy (non-hydrogen) atoms. The zero-order valence-corrected chi connectivity index (χ0v) is 14.0. The van der Waals surface area contributed by atoms with E-state index in [0.717, 1.165) is 4.88 Å². The van der Waals surface area contributed by atoms with E-state index in [1.54, 1.807) is 12.1 Å². The number of nitro benzene ring substituents is 1. The second kappa shape index (κ2) is 6.02. The monoisotopic (exact) mass is 365 g/mol. The molecule has 3 aromatic rings. The summed E-state index contributed by atoms with van der Waals surface area (Å²) in [5.41, 5.74) is 7.95. The van der Waals surface area contributed by atoms with Crippen LogP contribution in [0.4, 0.5) is 5.69 Å². The van der Waals surface area contributed by atoms with Crippen molar-refractivity contribution < 1.29 is 9.66 Å². The summed E-state index contributed by atoms with van der Waals surface area (Å²) in [5, 5.41) is 29.8. The van der Waals surface area contributed by atoms with E-state index in [1.807, 2.05) is 17.5 Å². The van der Waals surface area contributed by atoms with E-state index in [0.29, 0.717) is 16.8 Å². The maximum Gasteiger partial charge on any atom is 0.269 e. The third-order valence-electron chi connectivity index (χ3n) is 4.12. The molecule has 1 aromatic carbocycles. The van der Waals surface area contributed by atoms with Gasteiger partial charge in [0.1, 0.15) is 11.6 Å². The van der Waals surface area contributed by atoms with Gasteiger partial charge in [-0.25, -0.2) is 0 Å². The smallest absolute Gasteiger partial charge is 0.269 e. The van der Waals surface area contributed by atoms with Crippen molar-refractivity contribution in [2.24, 2.45) is 5.73 Å². The molecule has 0 radical (unpaired) electrons. The van der Waals surface area contributed by atoms with Gasteiger partial charge in [-0.3, -0.25) is 15.2 Å². The van der Waals surface area contributed by atoms with E-state index in [1.165, 1.54) is 23.5 Å². The number of nitrogens with one attached hydrogen (secondary N) is 1. The first-order valence-electron chi connectivity index (χ1n) is 7.54. The predicted molar refractivity (Wildman–Crippen MR) is 94.3 cm³/mol. The van der Waals surface area contributed by atoms with Crippen molar-refractivity contribution in [1.29, 1.82) is 5.26 Å². The minimum Gasteiger partial charge on any atom is -0.420 e. The molecule has 1 atom stereocenters. The zero-order chi connectivity index (χ0) is 18.3. The van der Waals surface area contributed by atoms with Crippen molar-refractivity contribution >= 4 is 17.0 Å². The lowest BCUT2D eigenvalue weighted by Gasteiger charge is -2.23. The molecule has 4 rings (SSSR count). The number of ether oxygens (including phenoxy) is 1. The van der Waals surface area contributed by atoms with E-state index in [4.69, 9.17) is 10.5 Å². The quantitative estimate of drug-likeness (QED) is 0.541. The number of thiophene rings is 1. The number of H-pyrrole nitrogens is 1. The Morgan fingerprint density at radius 2 is 2.23 bits per heavy atom. The molecule has 3 heterocycles. The van der Waals surface area contributed by atoms with Gasteiger partial charge in [0, 0.05) is 12.1 Å². The zero-order valence-electron chi connectivity index (χ0n) is 13.2. The number of non-ortho nitro benzene ring substituents is 1. The van der Waals surface area contributed by atoms with Gasteiger partial charge in [-0.15, -0.1) is 16.4 Å². The SMILES string of the molecule is N#CC1=C(N)Oc2n[nH]c(-c3cccs3)c2[C@@H]1c1cccc([N+](=O)[O-])c1. The average molecular weight is 365 g/mol. The number of nitrogens with zero attached hydrogens (tertiary/aromatic N) is 3. The van der Waals surface area contributed by atoms with Gasteiger partial charge in [-0.2, -0.15) is 5.26 Å². The topological polar surface area (TPSA) is 131 Å². The third kappa shape index (κ3) is 2.40. The van der Waals surface area contributed by atoms with E-state index in [-0.39, 0.29) is 23.0 Å². The number of aromatic nitrogens is 2. The molecule has 8 nitrogen and oxygen atoms in total. The van der Waals surface area contributed by atoms with Gasteiger partial charge in [0.2, 0.25) is 11.8 Å². The number of hydrogen-bond donors (Lipinski definition) is 2. The van der Waals surface area contributed by atoms with Crippen molar-refractivity contribution in [3.05, 3.63) is 74.5 Å². The molecular weight excluding hydrogens is 354 g/mol. The normalized spacial score (nSPS) is 15.9. The number of allylic oxidation sites excluding steroid dienone is 1. The summed E-state index contributed by atoms with van der Waals surface area (Å²) >= 11 is 1.50. The molecule has 0 saturated heterocycles. The van der Waals surface area contributed by atoms with Gasteiger partial charge in [0.05, 0.1) is 27.0 Å². The van der Waals surface area contributed by atoms with Crippen molar-refractivity contribution in [3.63, 3.8) is 0 Å². The lowest BCUT2D eigenvalue weighted by atomic mass is 9.83. The van der Waals surface area contributed by atoms with Crippen molar-refractivity contribution in [2.45, 2.75) is 5.92 Å². The van der Waals surface area contributed by atoms with Crippen molar-refractivity contribution in [1.82, 2.24) is 10.2 Å². The number of nitro groups is 1. The van der Waals surface area contributed by atoms with Crippen LogP contribution in [0.2, 0.25) is 0 Å². The molecule has 0 saturated carbocycles. The maximum atomic E-state index is 11.2. The molecule has 0 spiro atoms. The summed E-state index contributed by atoms with van der Waals surface area (Å²) < 4.78 is 5.51. The molecule has 1 aliphatic heterocycles. The molecule has 1 aliphatic rings. The van der Waals surface area contributed by atoms with Crippen LogP contribution < -0.4 is 10.5 Å². The Balaban J connectivity index is 1.96. The van der Waals surface area contributed by atoms with Gasteiger partial charge in [0.15, 0.2) is 0 Å². The highest BCUT2D eigenvalue weighted by Crippen LogP contribution is 2.46. The lowest BCUT2D eigenvalue weighted by molar-refractivity contribution is -0.384. The third-order valence-corrected chi connectivity index (χ3v) is 5.01. The molecule has 128 valence electrons. The molecule has 0 amide bonds. The molecule has 2 aromatic heterocycles. The van der Waals surface area contributed by atoms with Crippen LogP contribution in [0, 0.1) is 21.4 Å². The van der Waals surface area contributed by atoms with Crippen molar-refractivity contribution in [3.8, 4) is 22.5 Å². The Morgan fingerprint density at radius 1 is 1.38 bits per heavy atom. The first-order chi connectivity index (χ1) is 12.6. The molecule has 3 N–H and O–H groups in total. The van der Waals surface area contributed by atoms with E-state index < -0.39 is 10.8 Å². The summed E-state index contributed by atoms with van der Waals surface area (Å²) in [5.74, 6) is -0.401. The number of fused-ring (bicyclic) bond motifs is 1. The molecule has 9 heteroatoms. The van der Waals surface area contributed by atoms with Crippen LogP contribution in [-0.2, 0) is 0 Å². The van der Waals surface area contributed by atoms with Crippen LogP contribution in [0.1, 0.15) is 17.0 Å². The molecule has 0 unspecified atom stereocenters. The predicted octanol–water partition coefficient (Wildman–Crippen LogP) is 3.26. The number of hydrogen-bond acceptors (Lipinski definition) is 7. The lowest BCUT2D eigenvalue weighted by Crippen LogP contribution is -2.21. The largest absolute Gasteiger partial charge is 0.420 e. The van der Waals surface area contributed by atoms with Crippen LogP contribution >= 0.6 is 11.3 Å². The molecule has 0 fully saturated rings. The van der Waals surface area contributed by atoms with Crippen LogP contribution in [0.3, 0.4) is 0 Å². The number of nitrogens with two attached hydrogens (primary N) is 1. The van der Waals surface area contributed by atoms with Gasteiger partial charge in [-0.05, 0) is 17.0 Å². The number of aromatic amines is 1. The van der Waals surface area contributed by atoms with Crippen LogP contribution in [0.5, 0.6) is 5.88 Å². The summed E-state index contributed by atoms with van der Waals surface area (Å²) in [4.78, 5) is 11.6. The van der Waals surface area contributed by atoms with Gasteiger partial charge in [0.25, 0.3) is 5.69 Å². The van der Waals surface area contributed by atoms with Gasteiger partial charge >= 0.3 is 0 Å². The Morgan fingerprint density at radius 3 is 2.92 bits per heavy atom. The fourth-order valence-electron chi connectivity index (χ4n) is 3.00. The van der Waals surface area contributed by atoms with E-state index >= 15 is 0 Å². The highest BCUT2D eigenvalue weighted by Gasteiger charge is 2.36. The van der Waals surface area contributed by atoms with Gasteiger partial charge < -0.3 is 10.5 Å². The second-order valence-electron chi connectivity index (χ2n) is 5.57. The Bertz CT molecular complexity index is 1080. The molecule has 0 aliphatic carbocycles. The minimum atomic E-state index is -0.612. The number of benzene rings is 1. The molecule has 0 bridgehead atoms. The number of rotatable bonds is 3. The fourth-order valence-corrected chi connectivity index (χ4v) is 3.74.